The van der Waals surface area contributed by atoms with Crippen LogP contribution in [0.1, 0.15) is 17.3 Å². The molecule has 1 aromatic rings. The Morgan fingerprint density at radius 2 is 2.25 bits per heavy atom. The molecule has 0 heterocycles. The van der Waals surface area contributed by atoms with E-state index in [1.54, 1.807) is 19.1 Å². The molecule has 2 N–H and O–H groups in total. The highest BCUT2D eigenvalue weighted by molar-refractivity contribution is 5.76. The summed E-state index contributed by atoms with van der Waals surface area (Å²) in [6, 6.07) is 4.43. The molecule has 4 nitrogen and oxygen atoms in total. The van der Waals surface area contributed by atoms with Gasteiger partial charge in [-0.3, -0.25) is 4.79 Å². The quantitative estimate of drug-likeness (QED) is 0.585. The summed E-state index contributed by atoms with van der Waals surface area (Å²) in [5.41, 5.74) is 1.19. The molecule has 0 fully saturated rings. The molecule has 1 aromatic carbocycles. The molecular weight excluding hydrogens is 208 g/mol. The number of rotatable bonds is 5. The highest BCUT2D eigenvalue weighted by Crippen LogP contribution is 2.26. The molecule has 0 aliphatic rings. The lowest BCUT2D eigenvalue weighted by molar-refractivity contribution is 0.112. The van der Waals surface area contributed by atoms with Gasteiger partial charge in [0.15, 0.2) is 11.5 Å². The summed E-state index contributed by atoms with van der Waals surface area (Å²) in [7, 11) is 0. The monoisotopic (exact) mass is 222 g/mol. The van der Waals surface area contributed by atoms with Crippen LogP contribution in [0.5, 0.6) is 11.5 Å². The zero-order valence-corrected chi connectivity index (χ0v) is 9.01. The molecule has 0 spiro atoms. The summed E-state index contributed by atoms with van der Waals surface area (Å²) in [5.74, 6) is 0.243. The zero-order valence-electron chi connectivity index (χ0n) is 9.01. The SMILES string of the molecule is CC(=CCOc1ccc(C=O)cc1O)CO. The van der Waals surface area contributed by atoms with E-state index in [0.29, 0.717) is 17.6 Å². The molecule has 1 rings (SSSR count). The van der Waals surface area contributed by atoms with Crippen LogP contribution in [0.2, 0.25) is 0 Å². The Labute approximate surface area is 93.8 Å². The Kier molecular flexibility index (Phi) is 4.54. The minimum atomic E-state index is -0.0698. The molecule has 0 atom stereocenters. The fourth-order valence-corrected chi connectivity index (χ4v) is 1.07. The largest absolute Gasteiger partial charge is 0.504 e. The lowest BCUT2D eigenvalue weighted by Gasteiger charge is -2.06. The topological polar surface area (TPSA) is 66.8 Å². The van der Waals surface area contributed by atoms with Crippen molar-refractivity contribution in [2.75, 3.05) is 13.2 Å². The van der Waals surface area contributed by atoms with Crippen molar-refractivity contribution in [3.05, 3.63) is 35.4 Å². The van der Waals surface area contributed by atoms with Crippen molar-refractivity contribution in [2.45, 2.75) is 6.92 Å². The van der Waals surface area contributed by atoms with Gasteiger partial charge in [0.05, 0.1) is 6.61 Å². The molecule has 4 heteroatoms. The van der Waals surface area contributed by atoms with E-state index in [9.17, 15) is 9.90 Å². The third-order valence-corrected chi connectivity index (χ3v) is 2.04. The first kappa shape index (κ1) is 12.3. The van der Waals surface area contributed by atoms with E-state index in [4.69, 9.17) is 9.84 Å². The van der Waals surface area contributed by atoms with Crippen LogP contribution < -0.4 is 4.74 Å². The van der Waals surface area contributed by atoms with Gasteiger partial charge in [-0.05, 0) is 36.8 Å². The third-order valence-electron chi connectivity index (χ3n) is 2.04. The maximum absolute atomic E-state index is 10.4. The second-order valence-corrected chi connectivity index (χ2v) is 3.36. The summed E-state index contributed by atoms with van der Waals surface area (Å²) in [6.07, 6.45) is 2.37. The second-order valence-electron chi connectivity index (χ2n) is 3.36. The number of hydrogen-bond donors (Lipinski definition) is 2. The Bertz CT molecular complexity index is 396. The highest BCUT2D eigenvalue weighted by Gasteiger charge is 2.02. The molecule has 0 aliphatic carbocycles. The molecule has 0 aromatic heterocycles. The van der Waals surface area contributed by atoms with Crippen LogP contribution in [0.3, 0.4) is 0 Å². The van der Waals surface area contributed by atoms with Crippen molar-refractivity contribution in [1.29, 1.82) is 0 Å². The summed E-state index contributed by atoms with van der Waals surface area (Å²) >= 11 is 0. The number of aliphatic hydroxyl groups is 1. The van der Waals surface area contributed by atoms with Gasteiger partial charge in [0.1, 0.15) is 12.9 Å². The Morgan fingerprint density at radius 1 is 1.50 bits per heavy atom. The normalized spacial score (nSPS) is 11.2. The molecule has 0 unspecified atom stereocenters. The summed E-state index contributed by atoms with van der Waals surface area (Å²) in [4.78, 5) is 10.4. The summed E-state index contributed by atoms with van der Waals surface area (Å²) in [6.45, 7) is 2.03. The van der Waals surface area contributed by atoms with E-state index in [0.717, 1.165) is 5.57 Å². The van der Waals surface area contributed by atoms with Gasteiger partial charge in [-0.15, -0.1) is 0 Å². The van der Waals surface area contributed by atoms with Crippen molar-refractivity contribution in [3.63, 3.8) is 0 Å². The number of carbonyl (C=O) groups is 1. The van der Waals surface area contributed by atoms with Gasteiger partial charge in [-0.1, -0.05) is 0 Å². The van der Waals surface area contributed by atoms with E-state index >= 15 is 0 Å². The smallest absolute Gasteiger partial charge is 0.161 e. The van der Waals surface area contributed by atoms with E-state index in [1.807, 2.05) is 0 Å². The maximum Gasteiger partial charge on any atom is 0.161 e. The minimum Gasteiger partial charge on any atom is -0.504 e. The average Bonchev–Trinajstić information content (AvgIpc) is 2.30. The molecule has 0 bridgehead atoms. The molecule has 0 aliphatic heterocycles. The summed E-state index contributed by atoms with van der Waals surface area (Å²) in [5, 5.41) is 18.2. The van der Waals surface area contributed by atoms with Crippen LogP contribution in [-0.2, 0) is 0 Å². The van der Waals surface area contributed by atoms with Crippen LogP contribution in [0, 0.1) is 0 Å². The number of aldehydes is 1. The fourth-order valence-electron chi connectivity index (χ4n) is 1.07. The van der Waals surface area contributed by atoms with Crippen LogP contribution in [0.15, 0.2) is 29.8 Å². The zero-order chi connectivity index (χ0) is 12.0. The molecular formula is C12H14O4. The molecule has 0 saturated heterocycles. The number of aromatic hydroxyl groups is 1. The van der Waals surface area contributed by atoms with E-state index in [1.165, 1.54) is 12.1 Å². The summed E-state index contributed by atoms with van der Waals surface area (Å²) < 4.78 is 5.26. The molecule has 0 amide bonds. The standard InChI is InChI=1S/C12H14O4/c1-9(7-13)4-5-16-12-3-2-10(8-14)6-11(12)15/h2-4,6,8,13,15H,5,7H2,1H3. The number of benzene rings is 1. The predicted octanol–water partition coefficient (Wildman–Crippen LogP) is 1.52. The van der Waals surface area contributed by atoms with E-state index in [2.05, 4.69) is 0 Å². The van der Waals surface area contributed by atoms with E-state index in [-0.39, 0.29) is 19.0 Å². The van der Waals surface area contributed by atoms with Gasteiger partial charge >= 0.3 is 0 Å². The van der Waals surface area contributed by atoms with Crippen molar-refractivity contribution < 1.29 is 19.7 Å². The van der Waals surface area contributed by atoms with E-state index < -0.39 is 0 Å². The van der Waals surface area contributed by atoms with Gasteiger partial charge < -0.3 is 14.9 Å². The number of phenols is 1. The fraction of sp³-hybridized carbons (Fsp3) is 0.250. The van der Waals surface area contributed by atoms with Gasteiger partial charge in [0.25, 0.3) is 0 Å². The van der Waals surface area contributed by atoms with Gasteiger partial charge in [-0.25, -0.2) is 0 Å². The van der Waals surface area contributed by atoms with Gasteiger partial charge in [0, 0.05) is 5.56 Å². The lowest BCUT2D eigenvalue weighted by atomic mass is 10.2. The van der Waals surface area contributed by atoms with Gasteiger partial charge in [-0.2, -0.15) is 0 Å². The van der Waals surface area contributed by atoms with Crippen molar-refractivity contribution in [2.24, 2.45) is 0 Å². The predicted molar refractivity (Wildman–Crippen MR) is 59.8 cm³/mol. The first-order valence-electron chi connectivity index (χ1n) is 4.85. The molecule has 0 saturated carbocycles. The highest BCUT2D eigenvalue weighted by atomic mass is 16.5. The number of aliphatic hydroxyl groups excluding tert-OH is 1. The molecule has 0 radical (unpaired) electrons. The van der Waals surface area contributed by atoms with Crippen molar-refractivity contribution in [1.82, 2.24) is 0 Å². The lowest BCUT2D eigenvalue weighted by Crippen LogP contribution is -1.97. The van der Waals surface area contributed by atoms with Crippen molar-refractivity contribution in [3.8, 4) is 11.5 Å². The van der Waals surface area contributed by atoms with Crippen molar-refractivity contribution >= 4 is 6.29 Å². The van der Waals surface area contributed by atoms with Gasteiger partial charge in [0.2, 0.25) is 0 Å². The van der Waals surface area contributed by atoms with Crippen LogP contribution in [0.25, 0.3) is 0 Å². The number of ether oxygens (including phenoxy) is 1. The van der Waals surface area contributed by atoms with Crippen LogP contribution in [0.4, 0.5) is 0 Å². The molecule has 16 heavy (non-hydrogen) atoms. The number of hydrogen-bond acceptors (Lipinski definition) is 4. The number of phenolic OH excluding ortho intramolecular Hbond substituents is 1. The van der Waals surface area contributed by atoms with Crippen LogP contribution >= 0.6 is 0 Å². The Morgan fingerprint density at radius 3 is 2.81 bits per heavy atom. The average molecular weight is 222 g/mol. The maximum atomic E-state index is 10.4. The first-order chi connectivity index (χ1) is 7.67. The van der Waals surface area contributed by atoms with Crippen LogP contribution in [-0.4, -0.2) is 29.7 Å². The minimum absolute atomic E-state index is 0.0145. The third kappa shape index (κ3) is 3.40. The first-order valence-corrected chi connectivity index (χ1v) is 4.85. The Balaban J connectivity index is 2.64. The Hall–Kier alpha value is -1.81. The second kappa shape index (κ2) is 5.92. The molecule has 86 valence electrons. The number of carbonyl (C=O) groups excluding carboxylic acids is 1.